The van der Waals surface area contributed by atoms with E-state index >= 15 is 0 Å². The Morgan fingerprint density at radius 2 is 1.86 bits per heavy atom. The molecule has 0 radical (unpaired) electrons. The monoisotopic (exact) mass is 385 g/mol. The second-order valence-electron chi connectivity index (χ2n) is 7.14. The van der Waals surface area contributed by atoms with Crippen LogP contribution < -0.4 is 24.3 Å². The minimum atomic E-state index is -0.288. The number of nitrogens with one attached hydrogen (secondary N) is 1. The van der Waals surface area contributed by atoms with E-state index in [2.05, 4.69) is 5.32 Å². The number of para-hydroxylation sites is 1. The maximum atomic E-state index is 12.5. The Kier molecular flexibility index (Phi) is 5.97. The third-order valence-corrected chi connectivity index (χ3v) is 4.25. The van der Waals surface area contributed by atoms with Crippen LogP contribution in [0.4, 0.5) is 5.69 Å². The van der Waals surface area contributed by atoms with Gasteiger partial charge in [0.05, 0.1) is 18.9 Å². The van der Waals surface area contributed by atoms with E-state index in [1.807, 2.05) is 52.0 Å². The Hall–Kier alpha value is -2.89. The number of fused-ring (bicyclic) bond motifs is 1. The second-order valence-corrected chi connectivity index (χ2v) is 7.14. The lowest BCUT2D eigenvalue weighted by molar-refractivity contribution is -0.118. The van der Waals surface area contributed by atoms with Crippen molar-refractivity contribution in [2.45, 2.75) is 39.7 Å². The lowest BCUT2D eigenvalue weighted by atomic mass is 10.0. The molecule has 0 aromatic heterocycles. The lowest BCUT2D eigenvalue weighted by Gasteiger charge is -2.18. The SMILES string of the molecule is CCOc1ccc(OCC)c(NC(=O)COc2cccc3c2OC(C)(C)C3)c1. The molecule has 6 heteroatoms. The summed E-state index contributed by atoms with van der Waals surface area (Å²) in [6.45, 7) is 8.77. The molecule has 1 N–H and O–H groups in total. The van der Waals surface area contributed by atoms with Crippen LogP contribution in [0.5, 0.6) is 23.0 Å². The molecule has 6 nitrogen and oxygen atoms in total. The van der Waals surface area contributed by atoms with Crippen LogP contribution in [0, 0.1) is 0 Å². The van der Waals surface area contributed by atoms with E-state index in [9.17, 15) is 4.79 Å². The number of anilines is 1. The molecule has 28 heavy (non-hydrogen) atoms. The second kappa shape index (κ2) is 8.42. The highest BCUT2D eigenvalue weighted by Gasteiger charge is 2.32. The Morgan fingerprint density at radius 3 is 2.61 bits per heavy atom. The first-order valence-corrected chi connectivity index (χ1v) is 9.55. The van der Waals surface area contributed by atoms with Crippen LogP contribution in [0.15, 0.2) is 36.4 Å². The van der Waals surface area contributed by atoms with Crippen molar-refractivity contribution in [2.75, 3.05) is 25.1 Å². The Labute approximate surface area is 165 Å². The van der Waals surface area contributed by atoms with E-state index in [0.717, 1.165) is 12.0 Å². The van der Waals surface area contributed by atoms with Gasteiger partial charge in [-0.3, -0.25) is 4.79 Å². The molecule has 1 heterocycles. The molecule has 0 saturated carbocycles. The van der Waals surface area contributed by atoms with Gasteiger partial charge in [0.25, 0.3) is 5.91 Å². The fourth-order valence-electron chi connectivity index (χ4n) is 3.18. The molecule has 0 spiro atoms. The van der Waals surface area contributed by atoms with Gasteiger partial charge >= 0.3 is 0 Å². The molecule has 150 valence electrons. The highest BCUT2D eigenvalue weighted by atomic mass is 16.5. The summed E-state index contributed by atoms with van der Waals surface area (Å²) in [5.74, 6) is 2.26. The smallest absolute Gasteiger partial charge is 0.262 e. The van der Waals surface area contributed by atoms with Crippen molar-refractivity contribution >= 4 is 11.6 Å². The van der Waals surface area contributed by atoms with Crippen molar-refractivity contribution in [1.29, 1.82) is 0 Å². The Morgan fingerprint density at radius 1 is 1.07 bits per heavy atom. The van der Waals surface area contributed by atoms with Crippen molar-refractivity contribution < 1.29 is 23.7 Å². The Bertz CT molecular complexity index is 847. The molecule has 0 bridgehead atoms. The third kappa shape index (κ3) is 4.68. The fraction of sp³-hybridized carbons (Fsp3) is 0.409. The predicted molar refractivity (Wildman–Crippen MR) is 108 cm³/mol. The number of carbonyl (C=O) groups is 1. The molecule has 1 aliphatic rings. The molecule has 1 amide bonds. The molecule has 0 atom stereocenters. The predicted octanol–water partition coefficient (Wildman–Crippen LogP) is 4.22. The molecule has 2 aromatic rings. The van der Waals surface area contributed by atoms with Crippen molar-refractivity contribution in [3.63, 3.8) is 0 Å². The molecular weight excluding hydrogens is 358 g/mol. The first kappa shape index (κ1) is 19.9. The highest BCUT2D eigenvalue weighted by Crippen LogP contribution is 2.41. The average molecular weight is 385 g/mol. The zero-order valence-electron chi connectivity index (χ0n) is 16.8. The van der Waals surface area contributed by atoms with Crippen molar-refractivity contribution in [1.82, 2.24) is 0 Å². The van der Waals surface area contributed by atoms with Crippen molar-refractivity contribution in [2.24, 2.45) is 0 Å². The van der Waals surface area contributed by atoms with Gasteiger partial charge in [-0.05, 0) is 45.9 Å². The normalized spacial score (nSPS) is 14.0. The molecule has 2 aromatic carbocycles. The number of hydrogen-bond acceptors (Lipinski definition) is 5. The number of rotatable bonds is 8. The summed E-state index contributed by atoms with van der Waals surface area (Å²) in [5.41, 5.74) is 1.37. The first-order chi connectivity index (χ1) is 13.4. The summed E-state index contributed by atoms with van der Waals surface area (Å²) in [5, 5.41) is 2.84. The zero-order valence-corrected chi connectivity index (χ0v) is 16.8. The van der Waals surface area contributed by atoms with Crippen LogP contribution in [-0.4, -0.2) is 31.3 Å². The number of carbonyl (C=O) groups excluding carboxylic acids is 1. The summed E-state index contributed by atoms with van der Waals surface area (Å²) in [7, 11) is 0. The molecule has 0 aliphatic carbocycles. The summed E-state index contributed by atoms with van der Waals surface area (Å²) >= 11 is 0. The molecule has 0 fully saturated rings. The first-order valence-electron chi connectivity index (χ1n) is 9.55. The molecular formula is C22H27NO5. The Balaban J connectivity index is 1.67. The van der Waals surface area contributed by atoms with Crippen LogP contribution >= 0.6 is 0 Å². The van der Waals surface area contributed by atoms with E-state index in [0.29, 0.717) is 41.9 Å². The number of ether oxygens (including phenoxy) is 4. The van der Waals surface area contributed by atoms with Crippen LogP contribution in [0.3, 0.4) is 0 Å². The summed E-state index contributed by atoms with van der Waals surface area (Å²) in [6.07, 6.45) is 0.813. The van der Waals surface area contributed by atoms with E-state index in [1.54, 1.807) is 12.1 Å². The van der Waals surface area contributed by atoms with Crippen LogP contribution in [-0.2, 0) is 11.2 Å². The van der Waals surface area contributed by atoms with Gasteiger partial charge in [-0.1, -0.05) is 12.1 Å². The maximum absolute atomic E-state index is 12.5. The lowest BCUT2D eigenvalue weighted by Crippen LogP contribution is -2.25. The molecule has 3 rings (SSSR count). The van der Waals surface area contributed by atoms with Gasteiger partial charge < -0.3 is 24.3 Å². The quantitative estimate of drug-likeness (QED) is 0.737. The highest BCUT2D eigenvalue weighted by molar-refractivity contribution is 5.93. The topological polar surface area (TPSA) is 66.0 Å². The van der Waals surface area contributed by atoms with Gasteiger partial charge in [0.15, 0.2) is 18.1 Å². The van der Waals surface area contributed by atoms with Gasteiger partial charge in [-0.25, -0.2) is 0 Å². The third-order valence-electron chi connectivity index (χ3n) is 4.25. The summed E-state index contributed by atoms with van der Waals surface area (Å²) in [4.78, 5) is 12.5. The zero-order chi connectivity index (χ0) is 20.1. The standard InChI is InChI=1S/C22H27NO5/c1-5-25-16-10-11-18(26-6-2)17(12-16)23-20(24)14-27-19-9-7-8-15-13-22(3,4)28-21(15)19/h7-12H,5-6,13-14H2,1-4H3,(H,23,24). The van der Waals surface area contributed by atoms with Crippen molar-refractivity contribution in [3.05, 3.63) is 42.0 Å². The molecule has 0 unspecified atom stereocenters. The number of amides is 1. The van der Waals surface area contributed by atoms with Gasteiger partial charge in [0.1, 0.15) is 17.1 Å². The van der Waals surface area contributed by atoms with Gasteiger partial charge in [0, 0.05) is 18.1 Å². The number of hydrogen-bond donors (Lipinski definition) is 1. The van der Waals surface area contributed by atoms with Gasteiger partial charge in [0.2, 0.25) is 0 Å². The van der Waals surface area contributed by atoms with E-state index in [1.165, 1.54) is 0 Å². The fourth-order valence-corrected chi connectivity index (χ4v) is 3.18. The van der Waals surface area contributed by atoms with E-state index < -0.39 is 0 Å². The van der Waals surface area contributed by atoms with Crippen LogP contribution in [0.1, 0.15) is 33.3 Å². The van der Waals surface area contributed by atoms with E-state index in [-0.39, 0.29) is 18.1 Å². The van der Waals surface area contributed by atoms with E-state index in [4.69, 9.17) is 18.9 Å². The molecule has 1 aliphatic heterocycles. The average Bonchev–Trinajstić information content (AvgIpc) is 2.97. The summed E-state index contributed by atoms with van der Waals surface area (Å²) in [6, 6.07) is 11.1. The maximum Gasteiger partial charge on any atom is 0.262 e. The molecule has 0 saturated heterocycles. The largest absolute Gasteiger partial charge is 0.494 e. The minimum Gasteiger partial charge on any atom is -0.494 e. The minimum absolute atomic E-state index is 0.134. The van der Waals surface area contributed by atoms with Crippen LogP contribution in [0.25, 0.3) is 0 Å². The van der Waals surface area contributed by atoms with Gasteiger partial charge in [-0.2, -0.15) is 0 Å². The van der Waals surface area contributed by atoms with Gasteiger partial charge in [-0.15, -0.1) is 0 Å². The van der Waals surface area contributed by atoms with Crippen molar-refractivity contribution in [3.8, 4) is 23.0 Å². The number of benzene rings is 2. The van der Waals surface area contributed by atoms with Crippen LogP contribution in [0.2, 0.25) is 0 Å². The summed E-state index contributed by atoms with van der Waals surface area (Å²) < 4.78 is 22.8.